The van der Waals surface area contributed by atoms with Crippen molar-refractivity contribution in [2.24, 2.45) is 0 Å². The Hall–Kier alpha value is -3.72. The van der Waals surface area contributed by atoms with E-state index in [0.717, 1.165) is 9.87 Å². The zero-order chi connectivity index (χ0) is 24.8. The van der Waals surface area contributed by atoms with Gasteiger partial charge in [-0.1, -0.05) is 42.0 Å². The maximum absolute atomic E-state index is 13.6. The summed E-state index contributed by atoms with van der Waals surface area (Å²) in [6.07, 6.45) is -0.397. The van der Waals surface area contributed by atoms with Gasteiger partial charge in [0.15, 0.2) is 11.5 Å². The van der Waals surface area contributed by atoms with Crippen LogP contribution in [0.1, 0.15) is 12.5 Å². The van der Waals surface area contributed by atoms with Crippen LogP contribution in [0.4, 0.5) is 5.69 Å². The molecule has 0 spiro atoms. The number of sulfonamides is 1. The molecular formula is C26H28N2O6S. The molecule has 1 atom stereocenters. The van der Waals surface area contributed by atoms with Gasteiger partial charge in [0.2, 0.25) is 5.91 Å². The highest BCUT2D eigenvalue weighted by atomic mass is 32.2. The van der Waals surface area contributed by atoms with Crippen LogP contribution >= 0.6 is 0 Å². The van der Waals surface area contributed by atoms with E-state index >= 15 is 0 Å². The number of benzene rings is 3. The first-order valence-corrected chi connectivity index (χ1v) is 12.8. The molecule has 1 N–H and O–H groups in total. The van der Waals surface area contributed by atoms with Crippen LogP contribution in [0.25, 0.3) is 0 Å². The Balaban J connectivity index is 1.54. The molecule has 4 rings (SSSR count). The number of ether oxygens (including phenoxy) is 3. The number of aryl methyl sites for hydroxylation is 1. The molecule has 1 heterocycles. The first-order chi connectivity index (χ1) is 16.9. The average molecular weight is 497 g/mol. The predicted octanol–water partition coefficient (Wildman–Crippen LogP) is 3.55. The molecule has 0 aromatic heterocycles. The monoisotopic (exact) mass is 496 g/mol. The van der Waals surface area contributed by atoms with Gasteiger partial charge in [0.05, 0.1) is 23.7 Å². The van der Waals surface area contributed by atoms with E-state index < -0.39 is 28.6 Å². The summed E-state index contributed by atoms with van der Waals surface area (Å²) < 4.78 is 45.6. The Morgan fingerprint density at radius 3 is 2.46 bits per heavy atom. The van der Waals surface area contributed by atoms with Crippen molar-refractivity contribution in [3.05, 3.63) is 78.4 Å². The maximum Gasteiger partial charge on any atom is 0.264 e. The largest absolute Gasteiger partial charge is 0.492 e. The fourth-order valence-corrected chi connectivity index (χ4v) is 5.09. The Bertz CT molecular complexity index is 1280. The van der Waals surface area contributed by atoms with Crippen molar-refractivity contribution < 1.29 is 27.4 Å². The normalized spacial score (nSPS) is 14.7. The molecule has 0 aliphatic carbocycles. The van der Waals surface area contributed by atoms with Crippen molar-refractivity contribution in [1.82, 2.24) is 5.32 Å². The number of rotatable bonds is 9. The van der Waals surface area contributed by atoms with Crippen molar-refractivity contribution in [3.63, 3.8) is 0 Å². The number of nitrogens with zero attached hydrogens (tertiary/aromatic N) is 1. The molecule has 8 nitrogen and oxygen atoms in total. The minimum atomic E-state index is -4.05. The number of carbonyl (C=O) groups excluding carboxylic acids is 1. The van der Waals surface area contributed by atoms with Crippen molar-refractivity contribution in [3.8, 4) is 17.2 Å². The molecule has 184 valence electrons. The molecule has 1 aliphatic heterocycles. The second-order valence-corrected chi connectivity index (χ2v) is 9.89. The minimum absolute atomic E-state index is 0.0859. The third kappa shape index (κ3) is 5.68. The van der Waals surface area contributed by atoms with Gasteiger partial charge in [-0.05, 0) is 50.2 Å². The number of carbonyl (C=O) groups is 1. The van der Waals surface area contributed by atoms with Gasteiger partial charge in [-0.2, -0.15) is 0 Å². The number of para-hydroxylation sites is 4. The lowest BCUT2D eigenvalue weighted by molar-refractivity contribution is -0.120. The van der Waals surface area contributed by atoms with Gasteiger partial charge < -0.3 is 19.5 Å². The Morgan fingerprint density at radius 2 is 1.71 bits per heavy atom. The van der Waals surface area contributed by atoms with Crippen LogP contribution in [0.3, 0.4) is 0 Å². The summed E-state index contributed by atoms with van der Waals surface area (Å²) >= 11 is 0. The Morgan fingerprint density at radius 1 is 1.03 bits per heavy atom. The molecule has 0 fully saturated rings. The summed E-state index contributed by atoms with van der Waals surface area (Å²) in [5.41, 5.74) is 1.22. The van der Waals surface area contributed by atoms with Crippen molar-refractivity contribution >= 4 is 21.6 Å². The second kappa shape index (κ2) is 10.7. The van der Waals surface area contributed by atoms with Gasteiger partial charge in [-0.25, -0.2) is 8.42 Å². The lowest BCUT2D eigenvalue weighted by atomic mass is 10.2. The first kappa shape index (κ1) is 24.4. The molecule has 3 aromatic carbocycles. The molecular weight excluding hydrogens is 468 g/mol. The number of fused-ring (bicyclic) bond motifs is 1. The summed E-state index contributed by atoms with van der Waals surface area (Å²) in [6.45, 7) is 4.05. The van der Waals surface area contributed by atoms with Gasteiger partial charge in [-0.3, -0.25) is 9.10 Å². The minimum Gasteiger partial charge on any atom is -0.492 e. The van der Waals surface area contributed by atoms with E-state index in [1.807, 2.05) is 32.0 Å². The molecule has 0 saturated carbocycles. The highest BCUT2D eigenvalue weighted by Crippen LogP contribution is 2.33. The fraction of sp³-hybridized carbons (Fsp3) is 0.269. The summed E-state index contributed by atoms with van der Waals surface area (Å²) in [6, 6.07) is 20.6. The second-order valence-electron chi connectivity index (χ2n) is 8.03. The third-order valence-corrected chi connectivity index (χ3v) is 7.20. The molecule has 0 radical (unpaired) electrons. The molecule has 3 aromatic rings. The van der Waals surface area contributed by atoms with E-state index in [4.69, 9.17) is 14.2 Å². The van der Waals surface area contributed by atoms with Crippen molar-refractivity contribution in [2.75, 3.05) is 30.6 Å². The number of amides is 1. The highest BCUT2D eigenvalue weighted by Gasteiger charge is 2.30. The van der Waals surface area contributed by atoms with Crippen LogP contribution in [-0.4, -0.2) is 46.7 Å². The fourth-order valence-electron chi connectivity index (χ4n) is 3.66. The summed E-state index contributed by atoms with van der Waals surface area (Å²) in [5, 5.41) is 2.78. The van der Waals surface area contributed by atoms with Gasteiger partial charge >= 0.3 is 0 Å². The SMILES string of the molecule is CCOc1ccccc1N(CC(=O)NC[C@@H]1COc2ccccc2O1)S(=O)(=O)c1ccc(C)cc1. The van der Waals surface area contributed by atoms with Gasteiger partial charge in [0, 0.05) is 0 Å². The topological polar surface area (TPSA) is 94.2 Å². The van der Waals surface area contributed by atoms with Crippen molar-refractivity contribution in [2.45, 2.75) is 24.8 Å². The van der Waals surface area contributed by atoms with E-state index in [1.54, 1.807) is 42.5 Å². The summed E-state index contributed by atoms with van der Waals surface area (Å²) in [4.78, 5) is 13.0. The van der Waals surface area contributed by atoms with E-state index in [0.29, 0.717) is 23.9 Å². The lowest BCUT2D eigenvalue weighted by Crippen LogP contribution is -2.45. The predicted molar refractivity (Wildman–Crippen MR) is 133 cm³/mol. The molecule has 1 aliphatic rings. The smallest absolute Gasteiger partial charge is 0.264 e. The molecule has 0 unspecified atom stereocenters. The number of hydrogen-bond donors (Lipinski definition) is 1. The standard InChI is InChI=1S/C26H28N2O6S/c1-3-32-23-9-5-4-8-22(23)28(35(30,31)21-14-12-19(2)13-15-21)17-26(29)27-16-20-18-33-24-10-6-7-11-25(24)34-20/h4-15,20H,3,16-18H2,1-2H3,(H,27,29)/t20-/m1/s1. The quantitative estimate of drug-likeness (QED) is 0.487. The van der Waals surface area contributed by atoms with E-state index in [1.165, 1.54) is 12.1 Å². The van der Waals surface area contributed by atoms with E-state index in [2.05, 4.69) is 5.32 Å². The molecule has 9 heteroatoms. The molecule has 0 saturated heterocycles. The Kier molecular flexibility index (Phi) is 7.45. The van der Waals surface area contributed by atoms with E-state index in [9.17, 15) is 13.2 Å². The highest BCUT2D eigenvalue weighted by molar-refractivity contribution is 7.92. The zero-order valence-corrected chi connectivity index (χ0v) is 20.5. The van der Waals surface area contributed by atoms with Crippen LogP contribution in [0.5, 0.6) is 17.2 Å². The van der Waals surface area contributed by atoms with Crippen molar-refractivity contribution in [1.29, 1.82) is 0 Å². The van der Waals surface area contributed by atoms with Crippen LogP contribution in [0.15, 0.2) is 77.7 Å². The number of nitrogens with one attached hydrogen (secondary N) is 1. The van der Waals surface area contributed by atoms with Crippen LogP contribution in [0.2, 0.25) is 0 Å². The maximum atomic E-state index is 13.6. The summed E-state index contributed by atoms with van der Waals surface area (Å²) in [5.74, 6) is 1.15. The third-order valence-electron chi connectivity index (χ3n) is 5.42. The average Bonchev–Trinajstić information content (AvgIpc) is 2.87. The molecule has 1 amide bonds. The Labute approximate surface area is 205 Å². The van der Waals surface area contributed by atoms with E-state index in [-0.39, 0.29) is 23.7 Å². The zero-order valence-electron chi connectivity index (χ0n) is 19.6. The lowest BCUT2D eigenvalue weighted by Gasteiger charge is -2.28. The molecule has 35 heavy (non-hydrogen) atoms. The van der Waals surface area contributed by atoms with Crippen LogP contribution in [0, 0.1) is 6.92 Å². The van der Waals surface area contributed by atoms with Crippen LogP contribution in [-0.2, 0) is 14.8 Å². The molecule has 0 bridgehead atoms. The van der Waals surface area contributed by atoms with Gasteiger partial charge in [-0.15, -0.1) is 0 Å². The number of anilines is 1. The number of hydrogen-bond acceptors (Lipinski definition) is 6. The van der Waals surface area contributed by atoms with Gasteiger partial charge in [0.25, 0.3) is 10.0 Å². The van der Waals surface area contributed by atoms with Crippen LogP contribution < -0.4 is 23.8 Å². The van der Waals surface area contributed by atoms with Gasteiger partial charge in [0.1, 0.15) is 25.0 Å². The first-order valence-electron chi connectivity index (χ1n) is 11.3. The summed E-state index contributed by atoms with van der Waals surface area (Å²) in [7, 11) is -4.05.